The van der Waals surface area contributed by atoms with E-state index in [-0.39, 0.29) is 25.0 Å². The van der Waals surface area contributed by atoms with Gasteiger partial charge in [-0.1, -0.05) is 19.3 Å². The summed E-state index contributed by atoms with van der Waals surface area (Å²) >= 11 is 0. The molecule has 2 N–H and O–H groups in total. The maximum atomic E-state index is 12.3. The van der Waals surface area contributed by atoms with E-state index >= 15 is 0 Å². The molecule has 6 nitrogen and oxygen atoms in total. The standard InChI is InChI=1S/C18H26N2O4/c1-2-24-16-10-8-14(9-11-16)19-17(21)12-20(13-18(22)23)15-6-4-3-5-7-15/h8-11,15H,2-7,12-13H2,1H3,(H,19,21)(H,22,23). The molecule has 0 atom stereocenters. The highest BCUT2D eigenvalue weighted by atomic mass is 16.5. The highest BCUT2D eigenvalue weighted by molar-refractivity contribution is 5.92. The maximum Gasteiger partial charge on any atom is 0.317 e. The second kappa shape index (κ2) is 9.27. The SMILES string of the molecule is CCOc1ccc(NC(=O)CN(CC(=O)O)C2CCCCC2)cc1. The summed E-state index contributed by atoms with van der Waals surface area (Å²) in [6, 6.07) is 7.35. The number of hydrogen-bond donors (Lipinski definition) is 2. The average Bonchev–Trinajstić information content (AvgIpc) is 2.57. The van der Waals surface area contributed by atoms with Gasteiger partial charge in [0.05, 0.1) is 19.7 Å². The molecular weight excluding hydrogens is 308 g/mol. The van der Waals surface area contributed by atoms with E-state index in [2.05, 4.69) is 5.32 Å². The molecule has 0 saturated heterocycles. The number of amides is 1. The van der Waals surface area contributed by atoms with Crippen LogP contribution in [0, 0.1) is 0 Å². The third-order valence-electron chi connectivity index (χ3n) is 4.23. The van der Waals surface area contributed by atoms with Crippen LogP contribution in [0.5, 0.6) is 5.75 Å². The van der Waals surface area contributed by atoms with Crippen molar-refractivity contribution in [3.05, 3.63) is 24.3 Å². The molecule has 0 heterocycles. The number of ether oxygens (including phenoxy) is 1. The van der Waals surface area contributed by atoms with Crippen LogP contribution in [0.1, 0.15) is 39.0 Å². The minimum Gasteiger partial charge on any atom is -0.494 e. The van der Waals surface area contributed by atoms with Crippen LogP contribution in [0.4, 0.5) is 5.69 Å². The van der Waals surface area contributed by atoms with Crippen LogP contribution >= 0.6 is 0 Å². The van der Waals surface area contributed by atoms with Gasteiger partial charge in [0.25, 0.3) is 0 Å². The Hall–Kier alpha value is -2.08. The first-order valence-electron chi connectivity index (χ1n) is 8.57. The predicted octanol–water partition coefficient (Wildman–Crippen LogP) is 2.74. The lowest BCUT2D eigenvalue weighted by molar-refractivity contribution is -0.139. The van der Waals surface area contributed by atoms with E-state index in [1.165, 1.54) is 6.42 Å². The van der Waals surface area contributed by atoms with E-state index in [1.54, 1.807) is 29.2 Å². The van der Waals surface area contributed by atoms with Crippen molar-refractivity contribution in [2.75, 3.05) is 25.0 Å². The fraction of sp³-hybridized carbons (Fsp3) is 0.556. The normalized spacial score (nSPS) is 15.2. The number of nitrogens with zero attached hydrogens (tertiary/aromatic N) is 1. The van der Waals surface area contributed by atoms with Gasteiger partial charge in [-0.2, -0.15) is 0 Å². The van der Waals surface area contributed by atoms with E-state index in [9.17, 15) is 9.59 Å². The molecule has 0 bridgehead atoms. The van der Waals surface area contributed by atoms with Gasteiger partial charge in [0.15, 0.2) is 0 Å². The Morgan fingerprint density at radius 3 is 2.42 bits per heavy atom. The summed E-state index contributed by atoms with van der Waals surface area (Å²) in [4.78, 5) is 25.2. The zero-order chi connectivity index (χ0) is 17.4. The fourth-order valence-electron chi connectivity index (χ4n) is 3.12. The molecule has 6 heteroatoms. The summed E-state index contributed by atoms with van der Waals surface area (Å²) in [6.45, 7) is 2.51. The Labute approximate surface area is 142 Å². The summed E-state index contributed by atoms with van der Waals surface area (Å²) in [7, 11) is 0. The lowest BCUT2D eigenvalue weighted by Crippen LogP contribution is -2.44. The van der Waals surface area contributed by atoms with Gasteiger partial charge in [-0.3, -0.25) is 14.5 Å². The Morgan fingerprint density at radius 1 is 1.17 bits per heavy atom. The first kappa shape index (κ1) is 18.3. The van der Waals surface area contributed by atoms with Gasteiger partial charge >= 0.3 is 5.97 Å². The monoisotopic (exact) mass is 334 g/mol. The fourth-order valence-corrected chi connectivity index (χ4v) is 3.12. The number of rotatable bonds is 8. The molecule has 132 valence electrons. The molecule has 1 aromatic carbocycles. The lowest BCUT2D eigenvalue weighted by atomic mass is 9.94. The number of nitrogens with one attached hydrogen (secondary N) is 1. The second-order valence-corrected chi connectivity index (χ2v) is 6.10. The number of anilines is 1. The highest BCUT2D eigenvalue weighted by Gasteiger charge is 2.24. The molecule has 0 aromatic heterocycles. The van der Waals surface area contributed by atoms with E-state index in [4.69, 9.17) is 9.84 Å². The first-order valence-corrected chi connectivity index (χ1v) is 8.57. The van der Waals surface area contributed by atoms with Crippen molar-refractivity contribution >= 4 is 17.6 Å². The van der Waals surface area contributed by atoms with Gasteiger partial charge in [-0.25, -0.2) is 0 Å². The van der Waals surface area contributed by atoms with Gasteiger partial charge < -0.3 is 15.2 Å². The molecule has 0 spiro atoms. The van der Waals surface area contributed by atoms with Crippen molar-refractivity contribution in [1.82, 2.24) is 4.90 Å². The smallest absolute Gasteiger partial charge is 0.317 e. The second-order valence-electron chi connectivity index (χ2n) is 6.10. The van der Waals surface area contributed by atoms with E-state index < -0.39 is 5.97 Å². The summed E-state index contributed by atoms with van der Waals surface area (Å²) in [5, 5.41) is 11.9. The molecule has 0 aliphatic heterocycles. The molecule has 0 radical (unpaired) electrons. The van der Waals surface area contributed by atoms with Crippen molar-refractivity contribution in [3.8, 4) is 5.75 Å². The number of carboxylic acid groups (broad SMARTS) is 1. The van der Waals surface area contributed by atoms with Crippen LogP contribution in [-0.4, -0.2) is 47.6 Å². The molecule has 1 aromatic rings. The first-order chi connectivity index (χ1) is 11.6. The molecular formula is C18H26N2O4. The summed E-state index contributed by atoms with van der Waals surface area (Å²) in [5.74, 6) is -0.328. The molecule has 1 saturated carbocycles. The summed E-state index contributed by atoms with van der Waals surface area (Å²) < 4.78 is 5.37. The highest BCUT2D eigenvalue weighted by Crippen LogP contribution is 2.22. The Balaban J connectivity index is 1.92. The minimum absolute atomic E-state index is 0.0959. The summed E-state index contributed by atoms with van der Waals surface area (Å²) in [6.07, 6.45) is 5.31. The molecule has 24 heavy (non-hydrogen) atoms. The zero-order valence-corrected chi connectivity index (χ0v) is 14.2. The largest absolute Gasteiger partial charge is 0.494 e. The van der Waals surface area contributed by atoms with Crippen LogP contribution in [0.25, 0.3) is 0 Å². The Kier molecular flexibility index (Phi) is 7.06. The van der Waals surface area contributed by atoms with Gasteiger partial charge in [-0.05, 0) is 44.0 Å². The zero-order valence-electron chi connectivity index (χ0n) is 14.2. The van der Waals surface area contributed by atoms with Crippen LogP contribution in [0.2, 0.25) is 0 Å². The van der Waals surface area contributed by atoms with Crippen LogP contribution in [0.15, 0.2) is 24.3 Å². The number of hydrogen-bond acceptors (Lipinski definition) is 4. The van der Waals surface area contributed by atoms with Gasteiger partial charge in [0.1, 0.15) is 5.75 Å². The van der Waals surface area contributed by atoms with Crippen LogP contribution < -0.4 is 10.1 Å². The van der Waals surface area contributed by atoms with Crippen molar-refractivity contribution in [2.45, 2.75) is 45.1 Å². The predicted molar refractivity (Wildman–Crippen MR) is 92.3 cm³/mol. The lowest BCUT2D eigenvalue weighted by Gasteiger charge is -2.32. The number of carbonyl (C=O) groups excluding carboxylic acids is 1. The van der Waals surface area contributed by atoms with E-state index in [1.807, 2.05) is 6.92 Å². The number of benzene rings is 1. The quantitative estimate of drug-likeness (QED) is 0.764. The Morgan fingerprint density at radius 2 is 1.83 bits per heavy atom. The van der Waals surface area contributed by atoms with Crippen molar-refractivity contribution in [1.29, 1.82) is 0 Å². The summed E-state index contributed by atoms with van der Waals surface area (Å²) in [5.41, 5.74) is 0.683. The molecule has 1 amide bonds. The van der Waals surface area contributed by atoms with Crippen molar-refractivity contribution in [3.63, 3.8) is 0 Å². The van der Waals surface area contributed by atoms with Gasteiger partial charge in [0, 0.05) is 11.7 Å². The maximum absolute atomic E-state index is 12.3. The minimum atomic E-state index is -0.894. The molecule has 1 aliphatic carbocycles. The Bertz CT molecular complexity index is 538. The molecule has 0 unspecified atom stereocenters. The number of carbonyl (C=O) groups is 2. The third-order valence-corrected chi connectivity index (χ3v) is 4.23. The topological polar surface area (TPSA) is 78.9 Å². The third kappa shape index (κ3) is 5.85. The number of aliphatic carboxylic acids is 1. The van der Waals surface area contributed by atoms with E-state index in [0.717, 1.165) is 31.4 Å². The average molecular weight is 334 g/mol. The van der Waals surface area contributed by atoms with Gasteiger partial charge in [0.2, 0.25) is 5.91 Å². The number of carboxylic acids is 1. The van der Waals surface area contributed by atoms with E-state index in [0.29, 0.717) is 12.3 Å². The van der Waals surface area contributed by atoms with Crippen molar-refractivity contribution in [2.24, 2.45) is 0 Å². The molecule has 1 fully saturated rings. The van der Waals surface area contributed by atoms with Gasteiger partial charge in [-0.15, -0.1) is 0 Å². The van der Waals surface area contributed by atoms with Crippen LogP contribution in [-0.2, 0) is 9.59 Å². The van der Waals surface area contributed by atoms with Crippen molar-refractivity contribution < 1.29 is 19.4 Å². The van der Waals surface area contributed by atoms with Crippen LogP contribution in [0.3, 0.4) is 0 Å². The molecule has 2 rings (SSSR count). The molecule has 1 aliphatic rings.